The highest BCUT2D eigenvalue weighted by atomic mass is 16.5. The lowest BCUT2D eigenvalue weighted by molar-refractivity contribution is 0.0648. The van der Waals surface area contributed by atoms with Gasteiger partial charge >= 0.3 is 0 Å². The molecule has 2 aromatic carbocycles. The Kier molecular flexibility index (Phi) is 8.20. The molecule has 0 radical (unpaired) electrons. The summed E-state index contributed by atoms with van der Waals surface area (Å²) >= 11 is 0. The number of benzene rings is 2. The van der Waals surface area contributed by atoms with Crippen molar-refractivity contribution < 1.29 is 4.74 Å². The van der Waals surface area contributed by atoms with Crippen molar-refractivity contribution in [2.24, 2.45) is 5.92 Å². The zero-order chi connectivity index (χ0) is 23.0. The van der Waals surface area contributed by atoms with E-state index in [1.54, 1.807) is 7.11 Å². The maximum absolute atomic E-state index is 5.26. The first-order chi connectivity index (χ1) is 16.2. The second-order valence-corrected chi connectivity index (χ2v) is 9.19. The summed E-state index contributed by atoms with van der Waals surface area (Å²) in [6.07, 6.45) is 1.04. The molecule has 1 atom stereocenters. The molecule has 0 unspecified atom stereocenters. The van der Waals surface area contributed by atoms with Gasteiger partial charge in [0.1, 0.15) is 0 Å². The number of hydrogen-bond donors (Lipinski definition) is 0. The molecule has 0 amide bonds. The first-order valence-corrected chi connectivity index (χ1v) is 12.0. The zero-order valence-corrected chi connectivity index (χ0v) is 20.0. The molecule has 1 aliphatic rings. The number of tetrazole rings is 1. The van der Waals surface area contributed by atoms with Gasteiger partial charge in [-0.1, -0.05) is 74.5 Å². The van der Waals surface area contributed by atoms with Crippen LogP contribution in [0.4, 0.5) is 0 Å². The van der Waals surface area contributed by atoms with Gasteiger partial charge in [-0.3, -0.25) is 9.80 Å². The Morgan fingerprint density at radius 3 is 1.97 bits per heavy atom. The molecule has 0 saturated carbocycles. The quantitative estimate of drug-likeness (QED) is 0.470. The zero-order valence-electron chi connectivity index (χ0n) is 20.0. The molecule has 4 rings (SSSR count). The summed E-state index contributed by atoms with van der Waals surface area (Å²) < 4.78 is 7.18. The maximum Gasteiger partial charge on any atom is 0.168 e. The van der Waals surface area contributed by atoms with E-state index in [0.29, 0.717) is 19.1 Å². The van der Waals surface area contributed by atoms with E-state index in [1.807, 2.05) is 4.68 Å². The van der Waals surface area contributed by atoms with Crippen LogP contribution in [-0.4, -0.2) is 69.9 Å². The van der Waals surface area contributed by atoms with Crippen LogP contribution in [0.15, 0.2) is 60.7 Å². The van der Waals surface area contributed by atoms with Crippen LogP contribution < -0.4 is 0 Å². The van der Waals surface area contributed by atoms with E-state index < -0.39 is 0 Å². The first kappa shape index (κ1) is 23.5. The standard InChI is InChI=1S/C26H36N6O/c1-21(2)20-24(26-27-28-29-32(26)18-19-33-3)30-14-16-31(17-15-30)25(22-10-6-4-7-11-22)23-12-8-5-9-13-23/h4-13,21,24-25H,14-20H2,1-3H3/t24-/m0/s1. The molecule has 7 heteroatoms. The Morgan fingerprint density at radius 2 is 1.42 bits per heavy atom. The van der Waals surface area contributed by atoms with Crippen LogP contribution >= 0.6 is 0 Å². The van der Waals surface area contributed by atoms with Crippen LogP contribution in [0.3, 0.4) is 0 Å². The number of piperazine rings is 1. The molecule has 1 fully saturated rings. The Morgan fingerprint density at radius 1 is 0.848 bits per heavy atom. The second-order valence-electron chi connectivity index (χ2n) is 9.19. The summed E-state index contributed by atoms with van der Waals surface area (Å²) in [5.74, 6) is 1.51. The van der Waals surface area contributed by atoms with Gasteiger partial charge in [-0.25, -0.2) is 4.68 Å². The van der Waals surface area contributed by atoms with Crippen molar-refractivity contribution in [2.75, 3.05) is 39.9 Å². The van der Waals surface area contributed by atoms with E-state index in [9.17, 15) is 0 Å². The first-order valence-electron chi connectivity index (χ1n) is 12.0. The van der Waals surface area contributed by atoms with E-state index in [0.717, 1.165) is 38.4 Å². The van der Waals surface area contributed by atoms with Crippen LogP contribution in [0.25, 0.3) is 0 Å². The minimum atomic E-state index is 0.214. The van der Waals surface area contributed by atoms with E-state index in [-0.39, 0.29) is 12.1 Å². The Bertz CT molecular complexity index is 914. The third-order valence-corrected chi connectivity index (χ3v) is 6.44. The van der Waals surface area contributed by atoms with Crippen LogP contribution in [0.2, 0.25) is 0 Å². The van der Waals surface area contributed by atoms with Crippen molar-refractivity contribution in [3.8, 4) is 0 Å². The summed E-state index contributed by atoms with van der Waals surface area (Å²) in [5.41, 5.74) is 2.69. The summed E-state index contributed by atoms with van der Waals surface area (Å²) in [7, 11) is 1.71. The number of hydrogen-bond acceptors (Lipinski definition) is 6. The molecule has 1 aliphatic heterocycles. The largest absolute Gasteiger partial charge is 0.383 e. The fourth-order valence-electron chi connectivity index (χ4n) is 4.84. The van der Waals surface area contributed by atoms with Crippen LogP contribution in [0.5, 0.6) is 0 Å². The normalized spacial score (nSPS) is 16.5. The lowest BCUT2D eigenvalue weighted by Crippen LogP contribution is -2.49. The molecule has 7 nitrogen and oxygen atoms in total. The lowest BCUT2D eigenvalue weighted by atomic mass is 9.95. The van der Waals surface area contributed by atoms with Gasteiger partial charge in [-0.15, -0.1) is 5.10 Å². The van der Waals surface area contributed by atoms with Crippen molar-refractivity contribution in [1.29, 1.82) is 0 Å². The van der Waals surface area contributed by atoms with E-state index in [1.165, 1.54) is 11.1 Å². The molecule has 0 spiro atoms. The number of aromatic nitrogens is 4. The van der Waals surface area contributed by atoms with Crippen LogP contribution in [-0.2, 0) is 11.3 Å². The fourth-order valence-corrected chi connectivity index (χ4v) is 4.84. The molecule has 0 N–H and O–H groups in total. The fraction of sp³-hybridized carbons (Fsp3) is 0.500. The highest BCUT2D eigenvalue weighted by Crippen LogP contribution is 2.32. The van der Waals surface area contributed by atoms with Crippen molar-refractivity contribution in [2.45, 2.75) is 38.9 Å². The topological polar surface area (TPSA) is 59.3 Å². The van der Waals surface area contributed by atoms with Gasteiger partial charge in [0.15, 0.2) is 5.82 Å². The molecule has 33 heavy (non-hydrogen) atoms. The van der Waals surface area contributed by atoms with E-state index >= 15 is 0 Å². The lowest BCUT2D eigenvalue weighted by Gasteiger charge is -2.42. The van der Waals surface area contributed by atoms with Gasteiger partial charge in [0.2, 0.25) is 0 Å². The third-order valence-electron chi connectivity index (χ3n) is 6.44. The molecule has 3 aromatic rings. The molecule has 0 aliphatic carbocycles. The smallest absolute Gasteiger partial charge is 0.168 e. The predicted octanol–water partition coefficient (Wildman–Crippen LogP) is 3.81. The molecule has 176 valence electrons. The molecule has 0 bridgehead atoms. The average Bonchev–Trinajstić information content (AvgIpc) is 3.31. The maximum atomic E-state index is 5.26. The third kappa shape index (κ3) is 5.85. The van der Waals surface area contributed by atoms with Gasteiger partial charge < -0.3 is 4.74 Å². The Balaban J connectivity index is 1.52. The summed E-state index contributed by atoms with van der Waals surface area (Å²) in [4.78, 5) is 5.18. The summed E-state index contributed by atoms with van der Waals surface area (Å²) in [6.45, 7) is 9.81. The van der Waals surface area contributed by atoms with Crippen molar-refractivity contribution >= 4 is 0 Å². The van der Waals surface area contributed by atoms with Gasteiger partial charge in [0, 0.05) is 33.3 Å². The highest BCUT2D eigenvalue weighted by Gasteiger charge is 2.32. The predicted molar refractivity (Wildman–Crippen MR) is 130 cm³/mol. The van der Waals surface area contributed by atoms with Crippen molar-refractivity contribution in [1.82, 2.24) is 30.0 Å². The second kappa shape index (κ2) is 11.5. The Hall–Kier alpha value is -2.61. The molecular formula is C26H36N6O. The highest BCUT2D eigenvalue weighted by molar-refractivity contribution is 5.32. The van der Waals surface area contributed by atoms with E-state index in [2.05, 4.69) is 99.8 Å². The molecule has 1 saturated heterocycles. The monoisotopic (exact) mass is 448 g/mol. The van der Waals surface area contributed by atoms with Crippen molar-refractivity contribution in [3.63, 3.8) is 0 Å². The van der Waals surface area contributed by atoms with Gasteiger partial charge in [0.05, 0.1) is 25.2 Å². The number of nitrogens with zero attached hydrogens (tertiary/aromatic N) is 6. The van der Waals surface area contributed by atoms with Gasteiger partial charge in [-0.05, 0) is 33.9 Å². The van der Waals surface area contributed by atoms with Gasteiger partial charge in [-0.2, -0.15) is 0 Å². The average molecular weight is 449 g/mol. The SMILES string of the molecule is COCCn1nnnc1[C@H](CC(C)C)N1CCN(C(c2ccccc2)c2ccccc2)CC1. The number of methoxy groups -OCH3 is 1. The van der Waals surface area contributed by atoms with E-state index in [4.69, 9.17) is 4.74 Å². The van der Waals surface area contributed by atoms with Crippen LogP contribution in [0.1, 0.15) is 49.3 Å². The minimum absolute atomic E-state index is 0.214. The minimum Gasteiger partial charge on any atom is -0.383 e. The van der Waals surface area contributed by atoms with Gasteiger partial charge in [0.25, 0.3) is 0 Å². The summed E-state index contributed by atoms with van der Waals surface area (Å²) in [5, 5.41) is 12.7. The number of ether oxygens (including phenoxy) is 1. The van der Waals surface area contributed by atoms with Crippen LogP contribution in [0, 0.1) is 5.92 Å². The Labute approximate surface area is 197 Å². The number of rotatable bonds is 10. The van der Waals surface area contributed by atoms with Crippen molar-refractivity contribution in [3.05, 3.63) is 77.6 Å². The molecule has 1 aromatic heterocycles. The molecule has 2 heterocycles. The molecular weight excluding hydrogens is 412 g/mol. The summed E-state index contributed by atoms with van der Waals surface area (Å²) in [6, 6.07) is 22.2.